The van der Waals surface area contributed by atoms with Crippen LogP contribution in [0.4, 0.5) is 13.2 Å². The molecule has 0 amide bonds. The molecule has 0 spiro atoms. The first-order chi connectivity index (χ1) is 8.95. The monoisotopic (exact) mass is 270 g/mol. The van der Waals surface area contributed by atoms with Gasteiger partial charge in [-0.05, 0) is 35.7 Å². The van der Waals surface area contributed by atoms with E-state index in [1.54, 1.807) is 6.07 Å². The Balaban J connectivity index is 1.96. The maximum absolute atomic E-state index is 12.4. The fraction of sp³-hybridized carbons (Fsp3) is 0.286. The summed E-state index contributed by atoms with van der Waals surface area (Å²) in [5.41, 5.74) is 0.851. The molecule has 19 heavy (non-hydrogen) atoms. The molecule has 1 aromatic carbocycles. The lowest BCUT2D eigenvalue weighted by molar-refractivity contribution is -0.137. The summed E-state index contributed by atoms with van der Waals surface area (Å²) in [5.74, 6) is 0. The summed E-state index contributed by atoms with van der Waals surface area (Å²) in [5, 5.41) is 9.84. The second-order valence-electron chi connectivity index (χ2n) is 4.39. The average molecular weight is 270 g/mol. The van der Waals surface area contributed by atoms with E-state index < -0.39 is 17.8 Å². The number of alkyl halides is 3. The molecular weight excluding hydrogens is 257 g/mol. The Bertz CT molecular complexity index is 500. The molecule has 1 heterocycles. The van der Waals surface area contributed by atoms with Crippen molar-refractivity contribution in [2.24, 2.45) is 0 Å². The first kappa shape index (κ1) is 13.7. The molecule has 2 nitrogen and oxygen atoms in total. The molecule has 2 rings (SSSR count). The summed E-state index contributed by atoms with van der Waals surface area (Å²) in [4.78, 5) is 0. The normalized spacial score (nSPS) is 13.5. The number of aliphatic hydroxyl groups is 1. The number of aliphatic hydroxyl groups excluding tert-OH is 1. The standard InChI is InChI=1S/C14H13F3O2/c15-14(16,17)12-3-1-10(2-4-12)7-13(18)8-11-5-6-19-9-11/h1-6,9,13,18H,7-8H2. The number of furan rings is 1. The summed E-state index contributed by atoms with van der Waals surface area (Å²) < 4.78 is 42.0. The molecule has 0 bridgehead atoms. The highest BCUT2D eigenvalue weighted by atomic mass is 19.4. The van der Waals surface area contributed by atoms with Gasteiger partial charge in [0.2, 0.25) is 0 Å². The molecule has 0 aliphatic rings. The number of halogens is 3. The summed E-state index contributed by atoms with van der Waals surface area (Å²) in [6, 6.07) is 6.58. The minimum absolute atomic E-state index is 0.309. The van der Waals surface area contributed by atoms with Crippen LogP contribution in [0, 0.1) is 0 Å². The van der Waals surface area contributed by atoms with Crippen LogP contribution in [0.5, 0.6) is 0 Å². The smallest absolute Gasteiger partial charge is 0.416 e. The van der Waals surface area contributed by atoms with Crippen LogP contribution in [0.15, 0.2) is 47.3 Å². The summed E-state index contributed by atoms with van der Waals surface area (Å²) in [6.07, 6.45) is -1.19. The van der Waals surface area contributed by atoms with E-state index in [2.05, 4.69) is 0 Å². The number of hydrogen-bond acceptors (Lipinski definition) is 2. The van der Waals surface area contributed by atoms with Crippen molar-refractivity contribution in [2.75, 3.05) is 0 Å². The molecule has 1 atom stereocenters. The maximum atomic E-state index is 12.4. The zero-order valence-corrected chi connectivity index (χ0v) is 10.0. The van der Waals surface area contributed by atoms with Gasteiger partial charge in [-0.2, -0.15) is 13.2 Å². The average Bonchev–Trinajstić information content (AvgIpc) is 2.81. The molecule has 1 unspecified atom stereocenters. The molecule has 0 saturated heterocycles. The molecular formula is C14H13F3O2. The summed E-state index contributed by atoms with van der Waals surface area (Å²) in [6.45, 7) is 0. The molecule has 5 heteroatoms. The molecule has 0 aliphatic carbocycles. The Morgan fingerprint density at radius 3 is 2.16 bits per heavy atom. The van der Waals surface area contributed by atoms with Crippen LogP contribution in [0.25, 0.3) is 0 Å². The van der Waals surface area contributed by atoms with E-state index in [0.29, 0.717) is 18.4 Å². The van der Waals surface area contributed by atoms with Crippen molar-refractivity contribution >= 4 is 0 Å². The van der Waals surface area contributed by atoms with Crippen molar-refractivity contribution in [1.29, 1.82) is 0 Å². The van der Waals surface area contributed by atoms with Crippen LogP contribution in [0.3, 0.4) is 0 Å². The molecule has 1 aromatic heterocycles. The van der Waals surface area contributed by atoms with Gasteiger partial charge in [-0.3, -0.25) is 0 Å². The summed E-state index contributed by atoms with van der Waals surface area (Å²) >= 11 is 0. The van der Waals surface area contributed by atoms with Crippen molar-refractivity contribution in [3.05, 3.63) is 59.5 Å². The van der Waals surface area contributed by atoms with Crippen LogP contribution >= 0.6 is 0 Å². The van der Waals surface area contributed by atoms with Crippen molar-refractivity contribution in [3.63, 3.8) is 0 Å². The summed E-state index contributed by atoms with van der Waals surface area (Å²) in [7, 11) is 0. The lowest BCUT2D eigenvalue weighted by Crippen LogP contribution is -2.13. The van der Waals surface area contributed by atoms with E-state index in [0.717, 1.165) is 17.7 Å². The molecule has 1 N–H and O–H groups in total. The first-order valence-corrected chi connectivity index (χ1v) is 5.80. The predicted molar refractivity (Wildman–Crippen MR) is 63.6 cm³/mol. The lowest BCUT2D eigenvalue weighted by Gasteiger charge is -2.11. The van der Waals surface area contributed by atoms with E-state index in [1.165, 1.54) is 24.7 Å². The number of benzene rings is 1. The minimum Gasteiger partial charge on any atom is -0.472 e. The van der Waals surface area contributed by atoms with Crippen molar-refractivity contribution in [1.82, 2.24) is 0 Å². The number of hydrogen-bond donors (Lipinski definition) is 1. The highest BCUT2D eigenvalue weighted by molar-refractivity contribution is 5.25. The zero-order chi connectivity index (χ0) is 13.9. The van der Waals surface area contributed by atoms with Crippen LogP contribution in [0.2, 0.25) is 0 Å². The topological polar surface area (TPSA) is 33.4 Å². The van der Waals surface area contributed by atoms with Crippen molar-refractivity contribution in [2.45, 2.75) is 25.1 Å². The molecule has 2 aromatic rings. The third-order valence-electron chi connectivity index (χ3n) is 2.80. The Hall–Kier alpha value is -1.75. The third-order valence-corrected chi connectivity index (χ3v) is 2.80. The van der Waals surface area contributed by atoms with Gasteiger partial charge < -0.3 is 9.52 Å². The molecule has 0 saturated carbocycles. The first-order valence-electron chi connectivity index (χ1n) is 5.80. The van der Waals surface area contributed by atoms with Crippen LogP contribution in [0.1, 0.15) is 16.7 Å². The molecule has 0 fully saturated rings. The van der Waals surface area contributed by atoms with Crippen molar-refractivity contribution in [3.8, 4) is 0 Å². The Morgan fingerprint density at radius 1 is 1.00 bits per heavy atom. The van der Waals surface area contributed by atoms with Gasteiger partial charge in [0.1, 0.15) is 0 Å². The van der Waals surface area contributed by atoms with E-state index in [9.17, 15) is 18.3 Å². The van der Waals surface area contributed by atoms with Gasteiger partial charge >= 0.3 is 6.18 Å². The van der Waals surface area contributed by atoms with Gasteiger partial charge in [0.15, 0.2) is 0 Å². The SMILES string of the molecule is OC(Cc1ccc(C(F)(F)F)cc1)Cc1ccoc1. The quantitative estimate of drug-likeness (QED) is 0.923. The molecule has 102 valence electrons. The van der Waals surface area contributed by atoms with Crippen LogP contribution in [-0.2, 0) is 19.0 Å². The fourth-order valence-electron chi connectivity index (χ4n) is 1.85. The van der Waals surface area contributed by atoms with Gasteiger partial charge in [-0.25, -0.2) is 0 Å². The van der Waals surface area contributed by atoms with E-state index >= 15 is 0 Å². The Labute approximate surface area is 108 Å². The van der Waals surface area contributed by atoms with Gasteiger partial charge in [-0.1, -0.05) is 12.1 Å². The lowest BCUT2D eigenvalue weighted by atomic mass is 10.0. The van der Waals surface area contributed by atoms with Gasteiger partial charge in [0.25, 0.3) is 0 Å². The van der Waals surface area contributed by atoms with E-state index in [1.807, 2.05) is 0 Å². The second-order valence-corrected chi connectivity index (χ2v) is 4.39. The number of rotatable bonds is 4. The van der Waals surface area contributed by atoms with Crippen LogP contribution in [-0.4, -0.2) is 11.2 Å². The highest BCUT2D eigenvalue weighted by Crippen LogP contribution is 2.29. The Morgan fingerprint density at radius 2 is 1.63 bits per heavy atom. The highest BCUT2D eigenvalue weighted by Gasteiger charge is 2.29. The Kier molecular flexibility index (Phi) is 3.95. The van der Waals surface area contributed by atoms with Gasteiger partial charge in [0, 0.05) is 6.42 Å². The fourth-order valence-corrected chi connectivity index (χ4v) is 1.85. The van der Waals surface area contributed by atoms with E-state index in [-0.39, 0.29) is 0 Å². The van der Waals surface area contributed by atoms with Crippen LogP contribution < -0.4 is 0 Å². The minimum atomic E-state index is -4.33. The third kappa shape index (κ3) is 3.86. The van der Waals surface area contributed by atoms with Gasteiger partial charge in [0.05, 0.1) is 24.2 Å². The van der Waals surface area contributed by atoms with E-state index in [4.69, 9.17) is 4.42 Å². The zero-order valence-electron chi connectivity index (χ0n) is 10.0. The molecule has 0 radical (unpaired) electrons. The molecule has 0 aliphatic heterocycles. The largest absolute Gasteiger partial charge is 0.472 e. The van der Waals surface area contributed by atoms with Crippen molar-refractivity contribution < 1.29 is 22.7 Å². The maximum Gasteiger partial charge on any atom is 0.416 e. The predicted octanol–water partition coefficient (Wildman–Crippen LogP) is 3.44. The second kappa shape index (κ2) is 5.48. The van der Waals surface area contributed by atoms with Gasteiger partial charge in [-0.15, -0.1) is 0 Å².